The summed E-state index contributed by atoms with van der Waals surface area (Å²) in [5.41, 5.74) is 2.62. The van der Waals surface area contributed by atoms with E-state index in [1.807, 2.05) is 49.5 Å². The van der Waals surface area contributed by atoms with Crippen LogP contribution in [0.15, 0.2) is 42.5 Å². The van der Waals surface area contributed by atoms with E-state index in [0.29, 0.717) is 24.5 Å². The number of anilines is 3. The third-order valence-corrected chi connectivity index (χ3v) is 4.52. The summed E-state index contributed by atoms with van der Waals surface area (Å²) in [6, 6.07) is 13.4. The monoisotopic (exact) mass is 353 g/mol. The quantitative estimate of drug-likeness (QED) is 0.918. The van der Waals surface area contributed by atoms with Gasteiger partial charge in [0.25, 0.3) is 0 Å². The first-order valence-electron chi connectivity index (χ1n) is 8.40. The first-order chi connectivity index (χ1) is 12.5. The maximum Gasteiger partial charge on any atom is 0.414 e. The third-order valence-electron chi connectivity index (χ3n) is 4.52. The number of fused-ring (bicyclic) bond motifs is 2. The normalized spacial score (nSPS) is 17.9. The van der Waals surface area contributed by atoms with E-state index >= 15 is 0 Å². The van der Waals surface area contributed by atoms with Crippen LogP contribution in [0.3, 0.4) is 0 Å². The lowest BCUT2D eigenvalue weighted by Crippen LogP contribution is -2.33. The fourth-order valence-corrected chi connectivity index (χ4v) is 3.19. The molecule has 2 amide bonds. The fraction of sp³-hybridized carbons (Fsp3) is 0.263. The zero-order valence-electron chi connectivity index (χ0n) is 14.6. The van der Waals surface area contributed by atoms with Crippen molar-refractivity contribution in [2.75, 3.05) is 29.9 Å². The van der Waals surface area contributed by atoms with Gasteiger partial charge in [-0.25, -0.2) is 4.79 Å². The number of hydrogen-bond donors (Lipinski definition) is 1. The number of ether oxygens (including phenoxy) is 2. The molecule has 1 saturated heterocycles. The summed E-state index contributed by atoms with van der Waals surface area (Å²) >= 11 is 0. The van der Waals surface area contributed by atoms with Crippen LogP contribution in [-0.2, 0) is 9.53 Å². The van der Waals surface area contributed by atoms with Crippen molar-refractivity contribution in [3.63, 3.8) is 0 Å². The molecule has 0 aliphatic carbocycles. The summed E-state index contributed by atoms with van der Waals surface area (Å²) in [6.45, 7) is 2.11. The molecule has 0 saturated carbocycles. The first-order valence-corrected chi connectivity index (χ1v) is 8.40. The van der Waals surface area contributed by atoms with Crippen molar-refractivity contribution in [1.82, 2.24) is 5.32 Å². The molecule has 134 valence electrons. The molecule has 2 aliphatic heterocycles. The van der Waals surface area contributed by atoms with Gasteiger partial charge in [0, 0.05) is 20.0 Å². The summed E-state index contributed by atoms with van der Waals surface area (Å²) in [4.78, 5) is 26.8. The molecule has 4 rings (SSSR count). The van der Waals surface area contributed by atoms with E-state index < -0.39 is 6.09 Å². The molecule has 1 fully saturated rings. The van der Waals surface area contributed by atoms with Gasteiger partial charge in [-0.3, -0.25) is 9.69 Å². The highest BCUT2D eigenvalue weighted by Crippen LogP contribution is 2.46. The number of hydrogen-bond acceptors (Lipinski definition) is 5. The van der Waals surface area contributed by atoms with Crippen molar-refractivity contribution in [2.24, 2.45) is 0 Å². The van der Waals surface area contributed by atoms with Gasteiger partial charge in [0.2, 0.25) is 5.91 Å². The van der Waals surface area contributed by atoms with Crippen LogP contribution in [0.5, 0.6) is 11.5 Å². The summed E-state index contributed by atoms with van der Waals surface area (Å²) in [7, 11) is 1.98. The predicted molar refractivity (Wildman–Crippen MR) is 97.3 cm³/mol. The van der Waals surface area contributed by atoms with Crippen LogP contribution in [0.4, 0.5) is 21.9 Å². The van der Waals surface area contributed by atoms with Gasteiger partial charge >= 0.3 is 6.09 Å². The summed E-state index contributed by atoms with van der Waals surface area (Å²) in [6.07, 6.45) is -0.795. The Balaban J connectivity index is 1.57. The number of cyclic esters (lactones) is 1. The lowest BCUT2D eigenvalue weighted by atomic mass is 10.1. The molecule has 0 aromatic heterocycles. The zero-order chi connectivity index (χ0) is 18.3. The number of benzene rings is 2. The van der Waals surface area contributed by atoms with Gasteiger partial charge in [0.15, 0.2) is 11.5 Å². The van der Waals surface area contributed by atoms with Gasteiger partial charge in [-0.2, -0.15) is 0 Å². The molecule has 7 nitrogen and oxygen atoms in total. The minimum atomic E-state index is -0.426. The summed E-state index contributed by atoms with van der Waals surface area (Å²) in [5.74, 6) is 1.30. The lowest BCUT2D eigenvalue weighted by Gasteiger charge is -2.30. The van der Waals surface area contributed by atoms with Crippen LogP contribution in [0.2, 0.25) is 0 Å². The van der Waals surface area contributed by atoms with Crippen LogP contribution in [0.25, 0.3) is 0 Å². The van der Waals surface area contributed by atoms with Crippen molar-refractivity contribution in [1.29, 1.82) is 0 Å². The molecular formula is C19H19N3O4. The Hall–Kier alpha value is -3.22. The number of rotatable bonds is 3. The molecular weight excluding hydrogens is 334 g/mol. The molecule has 2 heterocycles. The molecule has 1 N–H and O–H groups in total. The van der Waals surface area contributed by atoms with Crippen molar-refractivity contribution >= 4 is 29.1 Å². The molecule has 0 unspecified atom stereocenters. The maximum absolute atomic E-state index is 12.2. The van der Waals surface area contributed by atoms with Gasteiger partial charge < -0.3 is 19.7 Å². The van der Waals surface area contributed by atoms with Crippen molar-refractivity contribution in [3.8, 4) is 11.5 Å². The second kappa shape index (κ2) is 6.25. The highest BCUT2D eigenvalue weighted by Gasteiger charge is 2.33. The Morgan fingerprint density at radius 1 is 1.19 bits per heavy atom. The zero-order valence-corrected chi connectivity index (χ0v) is 14.6. The minimum Gasteiger partial charge on any atom is -0.453 e. The second-order valence-electron chi connectivity index (χ2n) is 6.33. The molecule has 2 aromatic rings. The largest absolute Gasteiger partial charge is 0.453 e. The van der Waals surface area contributed by atoms with E-state index in [1.165, 1.54) is 6.92 Å². The average Bonchev–Trinajstić information content (AvgIpc) is 3.00. The topological polar surface area (TPSA) is 71.1 Å². The van der Waals surface area contributed by atoms with Crippen LogP contribution >= 0.6 is 0 Å². The molecule has 0 radical (unpaired) electrons. The SMILES string of the molecule is CC(=O)NC[C@H]1CN(c2ccc3c(c2)Oc2ccccc2N3C)C(=O)O1. The fourth-order valence-electron chi connectivity index (χ4n) is 3.19. The number of amides is 2. The van der Waals surface area contributed by atoms with Crippen LogP contribution in [-0.4, -0.2) is 38.2 Å². The molecule has 0 bridgehead atoms. The highest BCUT2D eigenvalue weighted by molar-refractivity contribution is 5.91. The summed E-state index contributed by atoms with van der Waals surface area (Å²) < 4.78 is 11.3. The minimum absolute atomic E-state index is 0.150. The molecule has 0 spiro atoms. The average molecular weight is 353 g/mol. The third kappa shape index (κ3) is 2.81. The Kier molecular flexibility index (Phi) is 3.91. The molecule has 7 heteroatoms. The van der Waals surface area contributed by atoms with Crippen LogP contribution in [0, 0.1) is 0 Å². The Morgan fingerprint density at radius 2 is 1.96 bits per heavy atom. The molecule has 1 atom stereocenters. The van der Waals surface area contributed by atoms with Gasteiger partial charge in [0.05, 0.1) is 30.2 Å². The van der Waals surface area contributed by atoms with Crippen molar-refractivity contribution < 1.29 is 19.1 Å². The van der Waals surface area contributed by atoms with E-state index in [4.69, 9.17) is 9.47 Å². The summed E-state index contributed by atoms with van der Waals surface area (Å²) in [5, 5.41) is 2.67. The standard InChI is InChI=1S/C19H19N3O4/c1-12(23)20-10-14-11-22(19(24)25-14)13-7-8-16-18(9-13)26-17-6-4-3-5-15(17)21(16)2/h3-9,14H,10-11H2,1-2H3,(H,20,23)/t14-/m0/s1. The van der Waals surface area contributed by atoms with E-state index in [9.17, 15) is 9.59 Å². The number of para-hydroxylation sites is 2. The van der Waals surface area contributed by atoms with Crippen molar-refractivity contribution in [3.05, 3.63) is 42.5 Å². The molecule has 2 aliphatic rings. The van der Waals surface area contributed by atoms with E-state index in [2.05, 4.69) is 10.2 Å². The van der Waals surface area contributed by atoms with Gasteiger partial charge in [-0.15, -0.1) is 0 Å². The van der Waals surface area contributed by atoms with Gasteiger partial charge in [-0.1, -0.05) is 12.1 Å². The Bertz CT molecular complexity index is 883. The number of carbonyl (C=O) groups is 2. The maximum atomic E-state index is 12.2. The van der Waals surface area contributed by atoms with Crippen LogP contribution in [0.1, 0.15) is 6.92 Å². The predicted octanol–water partition coefficient (Wildman–Crippen LogP) is 3.02. The highest BCUT2D eigenvalue weighted by atomic mass is 16.6. The Morgan fingerprint density at radius 3 is 2.77 bits per heavy atom. The van der Waals surface area contributed by atoms with Crippen LogP contribution < -0.4 is 19.9 Å². The molecule has 2 aromatic carbocycles. The number of nitrogens with one attached hydrogen (secondary N) is 1. The number of nitrogens with zero attached hydrogens (tertiary/aromatic N) is 2. The molecule has 26 heavy (non-hydrogen) atoms. The number of carbonyl (C=O) groups excluding carboxylic acids is 2. The lowest BCUT2D eigenvalue weighted by molar-refractivity contribution is -0.119. The second-order valence-corrected chi connectivity index (χ2v) is 6.33. The smallest absolute Gasteiger partial charge is 0.414 e. The Labute approximate surface area is 151 Å². The van der Waals surface area contributed by atoms with E-state index in [1.54, 1.807) is 4.90 Å². The van der Waals surface area contributed by atoms with E-state index in [-0.39, 0.29) is 12.0 Å². The first kappa shape index (κ1) is 16.3. The van der Waals surface area contributed by atoms with E-state index in [0.717, 1.165) is 17.1 Å². The van der Waals surface area contributed by atoms with Gasteiger partial charge in [0.1, 0.15) is 6.10 Å². The van der Waals surface area contributed by atoms with Crippen molar-refractivity contribution in [2.45, 2.75) is 13.0 Å². The van der Waals surface area contributed by atoms with Gasteiger partial charge in [-0.05, 0) is 24.3 Å².